The Morgan fingerprint density at radius 2 is 2.08 bits per heavy atom. The molecule has 0 spiro atoms. The molecule has 134 valence electrons. The second-order valence-electron chi connectivity index (χ2n) is 6.13. The fraction of sp³-hybridized carbons (Fsp3) is 0.667. The molecular formula is C15H23N3O5S. The van der Waals surface area contributed by atoms with Gasteiger partial charge in [-0.05, 0) is 24.3 Å². The molecule has 24 heavy (non-hydrogen) atoms. The summed E-state index contributed by atoms with van der Waals surface area (Å²) in [6.45, 7) is 1.49. The minimum absolute atomic E-state index is 0.0472. The molecule has 9 heteroatoms. The van der Waals surface area contributed by atoms with Crippen LogP contribution in [0.25, 0.3) is 0 Å². The SMILES string of the molecule is COc1ccc(C(NS(=O)(=O)N2CCOCC2)C2CC(O)C2)cn1. The van der Waals surface area contributed by atoms with E-state index in [4.69, 9.17) is 9.47 Å². The molecule has 1 saturated heterocycles. The number of aliphatic hydroxyl groups is 1. The summed E-state index contributed by atoms with van der Waals surface area (Å²) in [4.78, 5) is 4.17. The molecule has 1 atom stereocenters. The molecule has 0 radical (unpaired) electrons. The fourth-order valence-corrected chi connectivity index (χ4v) is 4.49. The van der Waals surface area contributed by atoms with Gasteiger partial charge in [-0.2, -0.15) is 17.4 Å². The highest BCUT2D eigenvalue weighted by Crippen LogP contribution is 2.38. The van der Waals surface area contributed by atoms with Gasteiger partial charge in [0, 0.05) is 25.4 Å². The lowest BCUT2D eigenvalue weighted by atomic mass is 9.76. The van der Waals surface area contributed by atoms with Crippen LogP contribution in [0.3, 0.4) is 0 Å². The van der Waals surface area contributed by atoms with Crippen molar-refractivity contribution in [1.82, 2.24) is 14.0 Å². The van der Waals surface area contributed by atoms with Crippen molar-refractivity contribution >= 4 is 10.2 Å². The zero-order chi connectivity index (χ0) is 17.2. The average molecular weight is 357 g/mol. The normalized spacial score (nSPS) is 26.6. The molecule has 1 aliphatic carbocycles. The van der Waals surface area contributed by atoms with E-state index in [1.165, 1.54) is 11.4 Å². The number of aliphatic hydroxyl groups excluding tert-OH is 1. The predicted molar refractivity (Wildman–Crippen MR) is 86.7 cm³/mol. The first-order chi connectivity index (χ1) is 11.5. The van der Waals surface area contributed by atoms with Gasteiger partial charge < -0.3 is 14.6 Å². The molecule has 2 fully saturated rings. The number of hydrogen-bond acceptors (Lipinski definition) is 6. The Morgan fingerprint density at radius 1 is 1.38 bits per heavy atom. The van der Waals surface area contributed by atoms with Crippen LogP contribution in [0.1, 0.15) is 24.4 Å². The Bertz CT molecular complexity index is 640. The van der Waals surface area contributed by atoms with Gasteiger partial charge in [-0.15, -0.1) is 0 Å². The highest BCUT2D eigenvalue weighted by molar-refractivity contribution is 7.87. The molecule has 8 nitrogen and oxygen atoms in total. The van der Waals surface area contributed by atoms with Crippen molar-refractivity contribution in [2.24, 2.45) is 5.92 Å². The largest absolute Gasteiger partial charge is 0.481 e. The van der Waals surface area contributed by atoms with Gasteiger partial charge in [-0.3, -0.25) is 0 Å². The first-order valence-electron chi connectivity index (χ1n) is 8.03. The van der Waals surface area contributed by atoms with Crippen LogP contribution in [0.15, 0.2) is 18.3 Å². The Morgan fingerprint density at radius 3 is 2.62 bits per heavy atom. The van der Waals surface area contributed by atoms with Crippen LogP contribution in [-0.2, 0) is 14.9 Å². The number of ether oxygens (including phenoxy) is 2. The zero-order valence-corrected chi connectivity index (χ0v) is 14.4. The molecule has 2 N–H and O–H groups in total. The van der Waals surface area contributed by atoms with E-state index in [0.29, 0.717) is 45.0 Å². The van der Waals surface area contributed by atoms with E-state index >= 15 is 0 Å². The number of rotatable bonds is 6. The third-order valence-corrected chi connectivity index (χ3v) is 6.13. The van der Waals surface area contributed by atoms with Crippen LogP contribution in [0.4, 0.5) is 0 Å². The van der Waals surface area contributed by atoms with Crippen molar-refractivity contribution in [2.45, 2.75) is 25.0 Å². The second kappa shape index (κ2) is 7.32. The van der Waals surface area contributed by atoms with Crippen LogP contribution < -0.4 is 9.46 Å². The summed E-state index contributed by atoms with van der Waals surface area (Å²) in [5.74, 6) is 0.521. The molecule has 3 rings (SSSR count). The summed E-state index contributed by atoms with van der Waals surface area (Å²) in [6, 6.07) is 3.10. The molecule has 0 bridgehead atoms. The van der Waals surface area contributed by atoms with Crippen molar-refractivity contribution in [3.63, 3.8) is 0 Å². The maximum atomic E-state index is 12.7. The van der Waals surface area contributed by atoms with Gasteiger partial charge in [-0.25, -0.2) is 4.98 Å². The number of methoxy groups -OCH3 is 1. The maximum Gasteiger partial charge on any atom is 0.280 e. The van der Waals surface area contributed by atoms with Crippen LogP contribution in [0, 0.1) is 5.92 Å². The number of nitrogens with zero attached hydrogens (tertiary/aromatic N) is 2. The van der Waals surface area contributed by atoms with Crippen molar-refractivity contribution < 1.29 is 23.0 Å². The Kier molecular flexibility index (Phi) is 5.36. The summed E-state index contributed by atoms with van der Waals surface area (Å²) in [5.41, 5.74) is 0.768. The average Bonchev–Trinajstić information content (AvgIpc) is 2.58. The number of morpholine rings is 1. The van der Waals surface area contributed by atoms with Crippen molar-refractivity contribution in [3.05, 3.63) is 23.9 Å². The third kappa shape index (κ3) is 3.86. The van der Waals surface area contributed by atoms with E-state index in [1.807, 2.05) is 6.07 Å². The predicted octanol–water partition coefficient (Wildman–Crippen LogP) is 0.0688. The molecule has 0 amide bonds. The van der Waals surface area contributed by atoms with Gasteiger partial charge >= 0.3 is 0 Å². The molecule has 1 aliphatic heterocycles. The highest BCUT2D eigenvalue weighted by Gasteiger charge is 2.38. The standard InChI is InChI=1S/C15H23N3O5S/c1-22-14-3-2-11(10-16-14)15(12-8-13(19)9-12)17-24(20,21)18-4-6-23-7-5-18/h2-3,10,12-13,15,17,19H,4-9H2,1H3. The lowest BCUT2D eigenvalue weighted by Gasteiger charge is -2.39. The molecular weight excluding hydrogens is 334 g/mol. The molecule has 1 aromatic heterocycles. The molecule has 0 aromatic carbocycles. The third-order valence-electron chi connectivity index (χ3n) is 4.53. The van der Waals surface area contributed by atoms with Gasteiger partial charge in [0.2, 0.25) is 5.88 Å². The van der Waals surface area contributed by atoms with Crippen LogP contribution in [0.5, 0.6) is 5.88 Å². The number of aromatic nitrogens is 1. The summed E-state index contributed by atoms with van der Waals surface area (Å²) in [6.07, 6.45) is 2.40. The van der Waals surface area contributed by atoms with Gasteiger partial charge in [0.15, 0.2) is 0 Å². The van der Waals surface area contributed by atoms with E-state index in [1.54, 1.807) is 12.3 Å². The zero-order valence-electron chi connectivity index (χ0n) is 13.6. The number of pyridine rings is 1. The summed E-state index contributed by atoms with van der Waals surface area (Å²) < 4.78 is 39.8. The monoisotopic (exact) mass is 357 g/mol. The van der Waals surface area contributed by atoms with Gasteiger partial charge in [-0.1, -0.05) is 6.07 Å². The highest BCUT2D eigenvalue weighted by atomic mass is 32.2. The Hall–Kier alpha value is -1.26. The lowest BCUT2D eigenvalue weighted by molar-refractivity contribution is 0.0271. The molecule has 1 aromatic rings. The fourth-order valence-electron chi connectivity index (χ4n) is 3.06. The van der Waals surface area contributed by atoms with E-state index in [0.717, 1.165) is 5.56 Å². The summed E-state index contributed by atoms with van der Waals surface area (Å²) >= 11 is 0. The minimum Gasteiger partial charge on any atom is -0.481 e. The van der Waals surface area contributed by atoms with Crippen LogP contribution >= 0.6 is 0 Å². The maximum absolute atomic E-state index is 12.7. The van der Waals surface area contributed by atoms with E-state index in [9.17, 15) is 13.5 Å². The summed E-state index contributed by atoms with van der Waals surface area (Å²) in [5, 5.41) is 9.60. The molecule has 2 aliphatic rings. The quantitative estimate of drug-likeness (QED) is 0.747. The molecule has 1 saturated carbocycles. The van der Waals surface area contributed by atoms with E-state index in [2.05, 4.69) is 9.71 Å². The first-order valence-corrected chi connectivity index (χ1v) is 9.47. The van der Waals surface area contributed by atoms with E-state index in [-0.39, 0.29) is 12.0 Å². The van der Waals surface area contributed by atoms with Crippen LogP contribution in [-0.4, -0.2) is 62.3 Å². The molecule has 2 heterocycles. The number of hydrogen-bond donors (Lipinski definition) is 2. The second-order valence-corrected chi connectivity index (χ2v) is 7.83. The van der Waals surface area contributed by atoms with Gasteiger partial charge in [0.1, 0.15) is 0 Å². The Labute approximate surface area is 142 Å². The Balaban J connectivity index is 1.79. The van der Waals surface area contributed by atoms with Crippen LogP contribution in [0.2, 0.25) is 0 Å². The first kappa shape index (κ1) is 17.6. The number of nitrogens with one attached hydrogen (secondary N) is 1. The summed E-state index contributed by atoms with van der Waals surface area (Å²) in [7, 11) is -2.09. The molecule has 1 unspecified atom stereocenters. The topological polar surface area (TPSA) is 101 Å². The van der Waals surface area contributed by atoms with Crippen molar-refractivity contribution in [2.75, 3.05) is 33.4 Å². The van der Waals surface area contributed by atoms with Gasteiger partial charge in [0.25, 0.3) is 10.2 Å². The van der Waals surface area contributed by atoms with Gasteiger partial charge in [0.05, 0.1) is 32.5 Å². The smallest absolute Gasteiger partial charge is 0.280 e. The van der Waals surface area contributed by atoms with E-state index < -0.39 is 16.3 Å². The lowest BCUT2D eigenvalue weighted by Crippen LogP contribution is -2.50. The van der Waals surface area contributed by atoms with Crippen molar-refractivity contribution in [3.8, 4) is 5.88 Å². The van der Waals surface area contributed by atoms with Crippen molar-refractivity contribution in [1.29, 1.82) is 0 Å². The minimum atomic E-state index is -3.62.